The van der Waals surface area contributed by atoms with Gasteiger partial charge in [-0.05, 0) is 30.7 Å². The number of rotatable bonds is 1. The summed E-state index contributed by atoms with van der Waals surface area (Å²) in [5.41, 5.74) is 7.24. The van der Waals surface area contributed by atoms with Crippen LogP contribution in [0.25, 0.3) is 11.1 Å². The fraction of sp³-hybridized carbons (Fsp3) is 0.0769. The van der Waals surface area contributed by atoms with Crippen molar-refractivity contribution in [1.29, 1.82) is 5.26 Å². The van der Waals surface area contributed by atoms with Crippen LogP contribution in [-0.2, 0) is 0 Å². The van der Waals surface area contributed by atoms with Crippen molar-refractivity contribution < 1.29 is 8.78 Å². The van der Waals surface area contributed by atoms with Crippen molar-refractivity contribution in [2.45, 2.75) is 6.92 Å². The van der Waals surface area contributed by atoms with E-state index in [-0.39, 0.29) is 11.4 Å². The van der Waals surface area contributed by atoms with Gasteiger partial charge in [0.05, 0.1) is 0 Å². The predicted molar refractivity (Wildman–Crippen MR) is 63.5 cm³/mol. The lowest BCUT2D eigenvalue weighted by molar-refractivity contribution is 0.509. The number of aryl methyl sites for hydroxylation is 1. The van der Waals surface area contributed by atoms with Gasteiger partial charge in [-0.1, -0.05) is 6.07 Å². The summed E-state index contributed by atoms with van der Waals surface area (Å²) in [6.07, 6.45) is 0. The zero-order valence-corrected chi connectivity index (χ0v) is 9.54. The average molecular weight is 245 g/mol. The number of aromatic nitrogens is 1. The molecule has 0 radical (unpaired) electrons. The molecule has 0 unspecified atom stereocenters. The molecule has 0 atom stereocenters. The van der Waals surface area contributed by atoms with E-state index in [1.54, 1.807) is 13.0 Å². The highest BCUT2D eigenvalue weighted by Crippen LogP contribution is 2.28. The van der Waals surface area contributed by atoms with Gasteiger partial charge in [0.1, 0.15) is 17.5 Å². The molecule has 5 heteroatoms. The van der Waals surface area contributed by atoms with Gasteiger partial charge in [-0.15, -0.1) is 0 Å². The summed E-state index contributed by atoms with van der Waals surface area (Å²) >= 11 is 0. The zero-order valence-electron chi connectivity index (χ0n) is 9.54. The van der Waals surface area contributed by atoms with E-state index in [1.165, 1.54) is 6.07 Å². The Morgan fingerprint density at radius 2 is 1.94 bits per heavy atom. The van der Waals surface area contributed by atoms with Crippen LogP contribution in [0.3, 0.4) is 0 Å². The highest BCUT2D eigenvalue weighted by Gasteiger charge is 2.12. The fourth-order valence-electron chi connectivity index (χ4n) is 1.71. The number of nitriles is 1. The number of hydrogen-bond acceptors (Lipinski definition) is 3. The van der Waals surface area contributed by atoms with Crippen LogP contribution in [0.15, 0.2) is 24.3 Å². The van der Waals surface area contributed by atoms with Gasteiger partial charge in [-0.3, -0.25) is 0 Å². The molecule has 0 aliphatic heterocycles. The lowest BCUT2D eigenvalue weighted by atomic mass is 10.0. The number of benzene rings is 1. The first-order valence-electron chi connectivity index (χ1n) is 5.15. The molecule has 18 heavy (non-hydrogen) atoms. The molecule has 1 heterocycles. The van der Waals surface area contributed by atoms with Crippen LogP contribution in [0.4, 0.5) is 14.6 Å². The molecule has 2 N–H and O–H groups in total. The van der Waals surface area contributed by atoms with Gasteiger partial charge in [0.15, 0.2) is 11.6 Å². The lowest BCUT2D eigenvalue weighted by Crippen LogP contribution is -1.99. The van der Waals surface area contributed by atoms with Crippen molar-refractivity contribution >= 4 is 5.82 Å². The molecule has 90 valence electrons. The smallest absolute Gasteiger partial charge is 0.159 e. The van der Waals surface area contributed by atoms with Crippen LogP contribution in [0, 0.1) is 29.9 Å². The number of pyridine rings is 1. The highest BCUT2D eigenvalue weighted by molar-refractivity contribution is 5.75. The molecule has 2 rings (SSSR count). The van der Waals surface area contributed by atoms with E-state index in [0.29, 0.717) is 16.8 Å². The Morgan fingerprint density at radius 1 is 1.22 bits per heavy atom. The van der Waals surface area contributed by atoms with Crippen molar-refractivity contribution in [2.24, 2.45) is 0 Å². The molecule has 3 nitrogen and oxygen atoms in total. The summed E-state index contributed by atoms with van der Waals surface area (Å²) in [6.45, 7) is 1.71. The van der Waals surface area contributed by atoms with Crippen molar-refractivity contribution in [1.82, 2.24) is 4.98 Å². The van der Waals surface area contributed by atoms with Crippen LogP contribution < -0.4 is 5.73 Å². The number of nitrogens with zero attached hydrogens (tertiary/aromatic N) is 2. The van der Waals surface area contributed by atoms with E-state index in [0.717, 1.165) is 12.1 Å². The number of halogens is 2. The van der Waals surface area contributed by atoms with Crippen LogP contribution in [0.1, 0.15) is 11.3 Å². The minimum absolute atomic E-state index is 0.0808. The van der Waals surface area contributed by atoms with E-state index in [1.807, 2.05) is 6.07 Å². The Bertz CT molecular complexity index is 660. The van der Waals surface area contributed by atoms with E-state index in [9.17, 15) is 8.78 Å². The van der Waals surface area contributed by atoms with Crippen molar-refractivity contribution in [3.05, 3.63) is 47.2 Å². The minimum Gasteiger partial charge on any atom is -0.383 e. The van der Waals surface area contributed by atoms with Gasteiger partial charge in [0.2, 0.25) is 0 Å². The van der Waals surface area contributed by atoms with Gasteiger partial charge < -0.3 is 5.73 Å². The van der Waals surface area contributed by atoms with Gasteiger partial charge >= 0.3 is 0 Å². The summed E-state index contributed by atoms with van der Waals surface area (Å²) in [4.78, 5) is 3.96. The molecule has 1 aromatic heterocycles. The number of hydrogen-bond donors (Lipinski definition) is 1. The van der Waals surface area contributed by atoms with Crippen LogP contribution in [-0.4, -0.2) is 4.98 Å². The SMILES string of the molecule is Cc1cc(-c2ccc(F)c(F)c2)c(C#N)c(N)n1. The highest BCUT2D eigenvalue weighted by atomic mass is 19.2. The maximum Gasteiger partial charge on any atom is 0.159 e. The van der Waals surface area contributed by atoms with Crippen LogP contribution >= 0.6 is 0 Å². The third-order valence-electron chi connectivity index (χ3n) is 2.52. The first kappa shape index (κ1) is 12.0. The fourth-order valence-corrected chi connectivity index (χ4v) is 1.71. The first-order valence-corrected chi connectivity index (χ1v) is 5.15. The summed E-state index contributed by atoms with van der Waals surface area (Å²) in [5.74, 6) is -1.82. The van der Waals surface area contributed by atoms with Crippen molar-refractivity contribution in [2.75, 3.05) is 5.73 Å². The van der Waals surface area contributed by atoms with Crippen molar-refractivity contribution in [3.63, 3.8) is 0 Å². The van der Waals surface area contributed by atoms with Gasteiger partial charge in [0.25, 0.3) is 0 Å². The average Bonchev–Trinajstić information content (AvgIpc) is 2.32. The molecular weight excluding hydrogens is 236 g/mol. The maximum absolute atomic E-state index is 13.2. The Kier molecular flexibility index (Phi) is 2.94. The molecule has 2 aromatic rings. The molecule has 1 aromatic carbocycles. The molecule has 0 saturated carbocycles. The molecule has 0 aliphatic carbocycles. The Balaban J connectivity index is 2.70. The molecule has 0 amide bonds. The molecular formula is C13H9F2N3. The zero-order chi connectivity index (χ0) is 13.3. The number of anilines is 1. The summed E-state index contributed by atoms with van der Waals surface area (Å²) in [6, 6.07) is 6.97. The second kappa shape index (κ2) is 4.41. The van der Waals surface area contributed by atoms with E-state index in [2.05, 4.69) is 4.98 Å². The monoisotopic (exact) mass is 245 g/mol. The number of nitrogen functional groups attached to an aromatic ring is 1. The third kappa shape index (κ3) is 2.00. The molecule has 0 fully saturated rings. The standard InChI is InChI=1S/C13H9F2N3/c1-7-4-9(10(6-16)13(17)18-7)8-2-3-11(14)12(15)5-8/h2-5H,1H3,(H2,17,18). The normalized spacial score (nSPS) is 10.1. The van der Waals surface area contributed by atoms with E-state index in [4.69, 9.17) is 11.0 Å². The predicted octanol–water partition coefficient (Wildman–Crippen LogP) is 2.79. The summed E-state index contributed by atoms with van der Waals surface area (Å²) in [5, 5.41) is 9.04. The lowest BCUT2D eigenvalue weighted by Gasteiger charge is -2.08. The first-order chi connectivity index (χ1) is 8.52. The largest absolute Gasteiger partial charge is 0.383 e. The van der Waals surface area contributed by atoms with Gasteiger partial charge in [-0.25, -0.2) is 13.8 Å². The Labute approximate surface area is 103 Å². The van der Waals surface area contributed by atoms with Crippen molar-refractivity contribution in [3.8, 4) is 17.2 Å². The topological polar surface area (TPSA) is 62.7 Å². The quantitative estimate of drug-likeness (QED) is 0.840. The molecule has 0 saturated heterocycles. The molecule has 0 bridgehead atoms. The Hall–Kier alpha value is -2.48. The minimum atomic E-state index is -0.968. The maximum atomic E-state index is 13.2. The molecule has 0 aliphatic rings. The van der Waals surface area contributed by atoms with Crippen LogP contribution in [0.5, 0.6) is 0 Å². The second-order valence-electron chi connectivity index (χ2n) is 3.81. The van der Waals surface area contributed by atoms with Gasteiger partial charge in [-0.2, -0.15) is 5.26 Å². The third-order valence-corrected chi connectivity index (χ3v) is 2.52. The van der Waals surface area contributed by atoms with Gasteiger partial charge in [0, 0.05) is 11.3 Å². The number of nitrogens with two attached hydrogens (primary N) is 1. The molecule has 0 spiro atoms. The summed E-state index contributed by atoms with van der Waals surface area (Å²) < 4.78 is 26.1. The second-order valence-corrected chi connectivity index (χ2v) is 3.81. The van der Waals surface area contributed by atoms with E-state index < -0.39 is 11.6 Å². The summed E-state index contributed by atoms with van der Waals surface area (Å²) in [7, 11) is 0. The van der Waals surface area contributed by atoms with Crippen LogP contribution in [0.2, 0.25) is 0 Å². The Morgan fingerprint density at radius 3 is 2.56 bits per heavy atom. The van der Waals surface area contributed by atoms with E-state index >= 15 is 0 Å².